The number of rotatable bonds is 6. The fourth-order valence-electron chi connectivity index (χ4n) is 4.73. The summed E-state index contributed by atoms with van der Waals surface area (Å²) in [4.78, 5) is 2.55. The molecule has 150 valence electrons. The third-order valence-corrected chi connectivity index (χ3v) is 6.37. The van der Waals surface area contributed by atoms with Gasteiger partial charge in [-0.25, -0.2) is 0 Å². The second-order valence-electron chi connectivity index (χ2n) is 9.40. The van der Waals surface area contributed by atoms with E-state index in [1.54, 1.807) is 5.56 Å². The van der Waals surface area contributed by atoms with Gasteiger partial charge in [-0.1, -0.05) is 88.9 Å². The van der Waals surface area contributed by atoms with Gasteiger partial charge in [-0.2, -0.15) is 0 Å². The van der Waals surface area contributed by atoms with E-state index in [0.717, 1.165) is 25.4 Å². The lowest BCUT2D eigenvalue weighted by atomic mass is 9.80. The van der Waals surface area contributed by atoms with Gasteiger partial charge in [0.25, 0.3) is 0 Å². The normalized spacial score (nSPS) is 16.8. The third kappa shape index (κ3) is 4.87. The predicted molar refractivity (Wildman–Crippen MR) is 122 cm³/mol. The number of likely N-dealkylation sites (tertiary alicyclic amines) is 1. The predicted octanol–water partition coefficient (Wildman–Crippen LogP) is 6.95. The van der Waals surface area contributed by atoms with Crippen molar-refractivity contribution in [1.29, 1.82) is 0 Å². The van der Waals surface area contributed by atoms with E-state index in [2.05, 4.69) is 93.8 Å². The quantitative estimate of drug-likeness (QED) is 0.528. The zero-order valence-electron chi connectivity index (χ0n) is 18.2. The van der Waals surface area contributed by atoms with Crippen molar-refractivity contribution in [3.8, 4) is 0 Å². The van der Waals surface area contributed by atoms with Gasteiger partial charge in [-0.3, -0.25) is 0 Å². The van der Waals surface area contributed by atoms with Gasteiger partial charge in [0.05, 0.1) is 0 Å². The second kappa shape index (κ2) is 8.99. The molecular formula is C27H37N. The third-order valence-electron chi connectivity index (χ3n) is 6.37. The van der Waals surface area contributed by atoms with Crippen LogP contribution in [-0.2, 0) is 11.8 Å². The Morgan fingerprint density at radius 3 is 2.21 bits per heavy atom. The lowest BCUT2D eigenvalue weighted by Gasteiger charge is -2.38. The van der Waals surface area contributed by atoms with Gasteiger partial charge >= 0.3 is 0 Å². The molecule has 1 aliphatic heterocycles. The van der Waals surface area contributed by atoms with Crippen LogP contribution < -0.4 is 0 Å². The van der Waals surface area contributed by atoms with Gasteiger partial charge in [0.15, 0.2) is 0 Å². The number of benzene rings is 2. The summed E-state index contributed by atoms with van der Waals surface area (Å²) >= 11 is 0. The van der Waals surface area contributed by atoms with Gasteiger partial charge in [-0.15, -0.1) is 0 Å². The van der Waals surface area contributed by atoms with E-state index >= 15 is 0 Å². The molecule has 3 rings (SSSR count). The molecule has 1 atom stereocenters. The maximum Gasteiger partial charge on any atom is 0.0231 e. The van der Waals surface area contributed by atoms with Gasteiger partial charge in [0.2, 0.25) is 0 Å². The van der Waals surface area contributed by atoms with Crippen LogP contribution in [0.2, 0.25) is 0 Å². The molecule has 0 radical (unpaired) electrons. The van der Waals surface area contributed by atoms with Crippen molar-refractivity contribution in [2.24, 2.45) is 5.92 Å². The summed E-state index contributed by atoms with van der Waals surface area (Å²) in [5.74, 6) is 1.23. The van der Waals surface area contributed by atoms with Crippen LogP contribution in [0.5, 0.6) is 0 Å². The molecule has 1 aliphatic rings. The molecule has 0 N–H and O–H groups in total. The molecule has 0 bridgehead atoms. The second-order valence-corrected chi connectivity index (χ2v) is 9.40. The highest BCUT2D eigenvalue weighted by Gasteiger charge is 2.26. The minimum atomic E-state index is 0.218. The summed E-state index contributed by atoms with van der Waals surface area (Å²) in [6.07, 6.45) is 4.86. The maximum atomic E-state index is 4.51. The zero-order chi connectivity index (χ0) is 20.1. The topological polar surface area (TPSA) is 3.24 Å². The van der Waals surface area contributed by atoms with Crippen LogP contribution in [0.25, 0.3) is 0 Å². The lowest BCUT2D eigenvalue weighted by Crippen LogP contribution is -2.35. The van der Waals surface area contributed by atoms with Crippen molar-refractivity contribution in [3.63, 3.8) is 0 Å². The Morgan fingerprint density at radius 1 is 1.00 bits per heavy atom. The summed E-state index contributed by atoms with van der Waals surface area (Å²) in [7, 11) is 0. The van der Waals surface area contributed by atoms with E-state index in [1.807, 2.05) is 0 Å². The van der Waals surface area contributed by atoms with E-state index in [0.29, 0.717) is 5.92 Å². The zero-order valence-corrected chi connectivity index (χ0v) is 18.2. The van der Waals surface area contributed by atoms with Gasteiger partial charge in [0, 0.05) is 24.7 Å². The van der Waals surface area contributed by atoms with Crippen molar-refractivity contribution >= 4 is 0 Å². The fraction of sp³-hybridized carbons (Fsp3) is 0.481. The first-order valence-electron chi connectivity index (χ1n) is 11.0. The van der Waals surface area contributed by atoms with Gasteiger partial charge in [0.1, 0.15) is 0 Å². The van der Waals surface area contributed by atoms with E-state index < -0.39 is 0 Å². The molecule has 1 fully saturated rings. The number of nitrogens with zero attached hydrogens (tertiary/aromatic N) is 1. The molecule has 1 heteroatoms. The smallest absolute Gasteiger partial charge is 0.0231 e. The van der Waals surface area contributed by atoms with E-state index in [-0.39, 0.29) is 5.41 Å². The van der Waals surface area contributed by atoms with Crippen LogP contribution in [-0.4, -0.2) is 18.0 Å². The standard InChI is InChI=1S/C27H37N/c1-6-25(23-12-8-7-9-13-23)21(2)28-18-16-22(17-19-28)20-24-14-10-11-15-26(24)27(3,4)5/h7-15,22,25H,2,6,16-20H2,1,3-5H3. The van der Waals surface area contributed by atoms with Crippen molar-refractivity contribution < 1.29 is 0 Å². The van der Waals surface area contributed by atoms with Crippen LogP contribution in [0.1, 0.15) is 69.6 Å². The van der Waals surface area contributed by atoms with E-state index in [9.17, 15) is 0 Å². The number of piperidine rings is 1. The highest BCUT2D eigenvalue weighted by atomic mass is 15.1. The van der Waals surface area contributed by atoms with Crippen molar-refractivity contribution in [2.45, 2.75) is 64.7 Å². The first kappa shape index (κ1) is 20.7. The van der Waals surface area contributed by atoms with Crippen LogP contribution in [0.15, 0.2) is 66.9 Å². The average Bonchev–Trinajstić information content (AvgIpc) is 2.69. The van der Waals surface area contributed by atoms with Gasteiger partial charge < -0.3 is 4.90 Å². The SMILES string of the molecule is C=C(C(CC)c1ccccc1)N1CCC(Cc2ccccc2C(C)(C)C)CC1. The number of hydrogen-bond donors (Lipinski definition) is 0. The number of allylic oxidation sites excluding steroid dienone is 1. The molecule has 2 aromatic carbocycles. The Labute approximate surface area is 172 Å². The average molecular weight is 376 g/mol. The Hall–Kier alpha value is -2.02. The Morgan fingerprint density at radius 2 is 1.61 bits per heavy atom. The minimum Gasteiger partial charge on any atom is -0.375 e. The van der Waals surface area contributed by atoms with E-state index in [4.69, 9.17) is 0 Å². The van der Waals surface area contributed by atoms with Crippen molar-refractivity contribution in [3.05, 3.63) is 83.6 Å². The van der Waals surface area contributed by atoms with Crippen LogP contribution in [0, 0.1) is 5.92 Å². The molecule has 1 saturated heterocycles. The van der Waals surface area contributed by atoms with Crippen molar-refractivity contribution in [2.75, 3.05) is 13.1 Å². The monoisotopic (exact) mass is 375 g/mol. The molecule has 1 nitrogen and oxygen atoms in total. The molecular weight excluding hydrogens is 338 g/mol. The summed E-state index contributed by atoms with van der Waals surface area (Å²) < 4.78 is 0. The molecule has 0 spiro atoms. The Balaban J connectivity index is 1.61. The first-order valence-corrected chi connectivity index (χ1v) is 11.0. The largest absolute Gasteiger partial charge is 0.375 e. The molecule has 0 saturated carbocycles. The molecule has 1 unspecified atom stereocenters. The molecule has 0 amide bonds. The lowest BCUT2D eigenvalue weighted by molar-refractivity contribution is 0.215. The molecule has 1 heterocycles. The molecule has 2 aromatic rings. The summed E-state index contributed by atoms with van der Waals surface area (Å²) in [5, 5.41) is 0. The van der Waals surface area contributed by atoms with Crippen LogP contribution in [0.4, 0.5) is 0 Å². The van der Waals surface area contributed by atoms with E-state index in [1.165, 1.54) is 36.1 Å². The van der Waals surface area contributed by atoms with Gasteiger partial charge in [-0.05, 0) is 53.7 Å². The maximum absolute atomic E-state index is 4.51. The molecule has 28 heavy (non-hydrogen) atoms. The highest BCUT2D eigenvalue weighted by Crippen LogP contribution is 2.34. The van der Waals surface area contributed by atoms with Crippen LogP contribution in [0.3, 0.4) is 0 Å². The highest BCUT2D eigenvalue weighted by molar-refractivity contribution is 5.33. The molecule has 0 aromatic heterocycles. The van der Waals surface area contributed by atoms with Crippen molar-refractivity contribution in [1.82, 2.24) is 4.90 Å². The Bertz CT molecular complexity index is 760. The first-order chi connectivity index (χ1) is 13.4. The van der Waals surface area contributed by atoms with Crippen LogP contribution >= 0.6 is 0 Å². The molecule has 0 aliphatic carbocycles. The summed E-state index contributed by atoms with van der Waals surface area (Å²) in [6.45, 7) is 16.0. The number of hydrogen-bond acceptors (Lipinski definition) is 1. The fourth-order valence-corrected chi connectivity index (χ4v) is 4.73. The Kier molecular flexibility index (Phi) is 6.65. The summed E-state index contributed by atoms with van der Waals surface area (Å²) in [5.41, 5.74) is 5.98. The summed E-state index contributed by atoms with van der Waals surface area (Å²) in [6, 6.07) is 19.9. The minimum absolute atomic E-state index is 0.218.